The minimum absolute atomic E-state index is 0.0781. The van der Waals surface area contributed by atoms with E-state index in [2.05, 4.69) is 43.1 Å². The molecule has 1 aliphatic heterocycles. The van der Waals surface area contributed by atoms with Crippen LogP contribution in [-0.2, 0) is 13.6 Å². The Morgan fingerprint density at radius 2 is 1.86 bits per heavy atom. The maximum absolute atomic E-state index is 13.8. The number of rotatable bonds is 8. The molecule has 44 heavy (non-hydrogen) atoms. The fourth-order valence-electron chi connectivity index (χ4n) is 7.40. The molecule has 5 heterocycles. The lowest BCUT2D eigenvalue weighted by atomic mass is 10.0. The van der Waals surface area contributed by atoms with Gasteiger partial charge in [0.05, 0.1) is 30.6 Å². The monoisotopic (exact) mass is 591 g/mol. The van der Waals surface area contributed by atoms with Crippen molar-refractivity contribution >= 4 is 28.0 Å². The van der Waals surface area contributed by atoms with Crippen LogP contribution in [0, 0.1) is 17.8 Å². The minimum atomic E-state index is 0.0781. The molecule has 10 heteroatoms. The van der Waals surface area contributed by atoms with Crippen molar-refractivity contribution in [2.45, 2.75) is 52.1 Å². The van der Waals surface area contributed by atoms with Gasteiger partial charge in [0.1, 0.15) is 16.9 Å². The van der Waals surface area contributed by atoms with E-state index < -0.39 is 0 Å². The number of pyridine rings is 1. The van der Waals surface area contributed by atoms with Gasteiger partial charge < -0.3 is 23.5 Å². The first kappa shape index (κ1) is 27.1. The Bertz CT molecular complexity index is 1910. The molecule has 1 amide bonds. The zero-order chi connectivity index (χ0) is 30.1. The fourth-order valence-corrected chi connectivity index (χ4v) is 7.40. The average molecular weight is 592 g/mol. The number of carbonyl (C=O) groups is 1. The zero-order valence-corrected chi connectivity index (χ0v) is 25.7. The van der Waals surface area contributed by atoms with Crippen molar-refractivity contribution < 1.29 is 14.3 Å². The molecule has 1 saturated heterocycles. The molecular weight excluding hydrogens is 554 g/mol. The quantitative estimate of drug-likeness (QED) is 0.227. The molecule has 4 aromatic heterocycles. The van der Waals surface area contributed by atoms with Gasteiger partial charge in [0.15, 0.2) is 5.82 Å². The third-order valence-corrected chi connectivity index (χ3v) is 9.99. The van der Waals surface area contributed by atoms with E-state index in [1.807, 2.05) is 32.2 Å². The number of aromatic nitrogens is 6. The van der Waals surface area contributed by atoms with Gasteiger partial charge in [-0.3, -0.25) is 4.79 Å². The van der Waals surface area contributed by atoms with Crippen LogP contribution >= 0.6 is 0 Å². The van der Waals surface area contributed by atoms with Crippen molar-refractivity contribution in [1.82, 2.24) is 34.0 Å². The maximum Gasteiger partial charge on any atom is 0.316 e. The van der Waals surface area contributed by atoms with Crippen LogP contribution in [0.4, 0.5) is 0 Å². The second-order valence-electron chi connectivity index (χ2n) is 12.6. The largest absolute Gasteiger partial charge is 0.494 e. The lowest BCUT2D eigenvalue weighted by Crippen LogP contribution is -2.38. The third kappa shape index (κ3) is 4.33. The number of benzene rings is 1. The molecule has 1 aromatic carbocycles. The average Bonchev–Trinajstić information content (AvgIpc) is 3.45. The predicted octanol–water partition coefficient (Wildman–Crippen LogP) is 5.73. The van der Waals surface area contributed by atoms with Gasteiger partial charge in [-0.2, -0.15) is 0 Å². The fraction of sp³-hybridized carbons (Fsp3) is 0.441. The van der Waals surface area contributed by atoms with Crippen LogP contribution in [0.3, 0.4) is 0 Å². The van der Waals surface area contributed by atoms with Gasteiger partial charge >= 0.3 is 6.01 Å². The molecule has 2 aliphatic carbocycles. The summed E-state index contributed by atoms with van der Waals surface area (Å²) >= 11 is 0. The Labute approximate surface area is 256 Å². The van der Waals surface area contributed by atoms with Crippen molar-refractivity contribution in [3.05, 3.63) is 48.3 Å². The van der Waals surface area contributed by atoms with Crippen LogP contribution in [-0.4, -0.2) is 66.2 Å². The SMILES string of the molecule is CCOc1ncc(-c2ccc3cc(-c4nc5cc(C(=O)N6CC7CCC6[C@@H]7C)cc(OC)c5n4C)n(CC4CC4)c3n2)cn1. The molecule has 3 aliphatic rings. The number of hydrogen-bond donors (Lipinski definition) is 0. The van der Waals surface area contributed by atoms with Crippen LogP contribution in [0.25, 0.3) is 44.8 Å². The van der Waals surface area contributed by atoms with Gasteiger partial charge in [-0.25, -0.2) is 19.9 Å². The number of fused-ring (bicyclic) bond motifs is 4. The van der Waals surface area contributed by atoms with Crippen LogP contribution in [0.1, 0.15) is 49.9 Å². The van der Waals surface area contributed by atoms with Crippen molar-refractivity contribution in [2.24, 2.45) is 24.8 Å². The van der Waals surface area contributed by atoms with E-state index in [-0.39, 0.29) is 5.91 Å². The molecule has 2 unspecified atom stereocenters. The number of likely N-dealkylation sites (tertiary alicyclic amines) is 1. The van der Waals surface area contributed by atoms with E-state index in [1.165, 1.54) is 19.3 Å². The first-order valence-electron chi connectivity index (χ1n) is 15.7. The Kier molecular flexibility index (Phi) is 6.36. The molecular formula is C34H37N7O3. The number of imidazole rings is 1. The first-order valence-corrected chi connectivity index (χ1v) is 15.7. The highest BCUT2D eigenvalue weighted by Gasteiger charge is 2.46. The molecule has 2 saturated carbocycles. The smallest absolute Gasteiger partial charge is 0.316 e. The lowest BCUT2D eigenvalue weighted by Gasteiger charge is -2.27. The standard InChI is InChI=1S/C34H37N7O3/c1-5-44-34-35-15-24(16-36-34)25-10-8-21-13-28(40(31(21)37-25)17-20-6-7-20)32-38-26-12-23(14-29(43-4)30(26)39(32)3)33(42)41-18-22-9-11-27(41)19(22)2/h8,10,12-16,19-20,22,27H,5-7,9,11,17-18H2,1-4H3/t19-,22?,27?/m1/s1. The summed E-state index contributed by atoms with van der Waals surface area (Å²) in [5, 5.41) is 1.05. The second kappa shape index (κ2) is 10.3. The summed E-state index contributed by atoms with van der Waals surface area (Å²) in [5.41, 5.74) is 5.82. The maximum atomic E-state index is 13.8. The van der Waals surface area contributed by atoms with E-state index in [0.29, 0.717) is 47.7 Å². The molecule has 0 spiro atoms. The summed E-state index contributed by atoms with van der Waals surface area (Å²) in [4.78, 5) is 34.8. The number of hydrogen-bond acceptors (Lipinski definition) is 7. The normalized spacial score (nSPS) is 21.1. The highest BCUT2D eigenvalue weighted by molar-refractivity contribution is 6.00. The number of nitrogens with zero attached hydrogens (tertiary/aromatic N) is 7. The van der Waals surface area contributed by atoms with Crippen molar-refractivity contribution in [1.29, 1.82) is 0 Å². The summed E-state index contributed by atoms with van der Waals surface area (Å²) in [6.07, 6.45) is 8.25. The molecule has 3 fully saturated rings. The highest BCUT2D eigenvalue weighted by atomic mass is 16.5. The van der Waals surface area contributed by atoms with Gasteiger partial charge in [-0.05, 0) is 80.7 Å². The number of amides is 1. The van der Waals surface area contributed by atoms with Crippen LogP contribution in [0.5, 0.6) is 11.8 Å². The topological polar surface area (TPSA) is 100 Å². The number of ether oxygens (including phenoxy) is 2. The molecule has 226 valence electrons. The number of aryl methyl sites for hydroxylation is 1. The van der Waals surface area contributed by atoms with E-state index in [1.54, 1.807) is 19.5 Å². The Hall–Kier alpha value is -4.47. The van der Waals surface area contributed by atoms with E-state index >= 15 is 0 Å². The highest BCUT2D eigenvalue weighted by Crippen LogP contribution is 2.44. The summed E-state index contributed by atoms with van der Waals surface area (Å²) in [6, 6.07) is 10.8. The van der Waals surface area contributed by atoms with Gasteiger partial charge in [-0.1, -0.05) is 6.92 Å². The number of piperidine rings is 1. The molecule has 3 atom stereocenters. The molecule has 0 N–H and O–H groups in total. The van der Waals surface area contributed by atoms with Crippen LogP contribution in [0.15, 0.2) is 42.7 Å². The predicted molar refractivity (Wildman–Crippen MR) is 168 cm³/mol. The summed E-state index contributed by atoms with van der Waals surface area (Å²) in [6.45, 7) is 6.43. The first-order chi connectivity index (χ1) is 21.4. The van der Waals surface area contributed by atoms with Gasteiger partial charge in [0.2, 0.25) is 0 Å². The molecule has 0 radical (unpaired) electrons. The molecule has 10 nitrogen and oxygen atoms in total. The lowest BCUT2D eigenvalue weighted by molar-refractivity contribution is 0.0696. The molecule has 8 rings (SSSR count). The van der Waals surface area contributed by atoms with Crippen molar-refractivity contribution in [2.75, 3.05) is 20.3 Å². The Morgan fingerprint density at radius 1 is 1.05 bits per heavy atom. The molecule has 5 aromatic rings. The third-order valence-electron chi connectivity index (χ3n) is 9.99. The second-order valence-corrected chi connectivity index (χ2v) is 12.6. The number of carbonyl (C=O) groups excluding carboxylic acids is 1. The summed E-state index contributed by atoms with van der Waals surface area (Å²) < 4.78 is 15.7. The summed E-state index contributed by atoms with van der Waals surface area (Å²) in [5.74, 6) is 3.35. The Balaban J connectivity index is 1.21. The summed E-state index contributed by atoms with van der Waals surface area (Å²) in [7, 11) is 3.68. The minimum Gasteiger partial charge on any atom is -0.494 e. The number of methoxy groups -OCH3 is 1. The Morgan fingerprint density at radius 3 is 2.55 bits per heavy atom. The van der Waals surface area contributed by atoms with E-state index in [4.69, 9.17) is 19.4 Å². The van der Waals surface area contributed by atoms with Gasteiger partial charge in [0.25, 0.3) is 5.91 Å². The van der Waals surface area contributed by atoms with Gasteiger partial charge in [-0.15, -0.1) is 0 Å². The van der Waals surface area contributed by atoms with Crippen molar-refractivity contribution in [3.8, 4) is 34.5 Å². The van der Waals surface area contributed by atoms with Crippen molar-refractivity contribution in [3.63, 3.8) is 0 Å². The van der Waals surface area contributed by atoms with Crippen LogP contribution < -0.4 is 9.47 Å². The van der Waals surface area contributed by atoms with E-state index in [9.17, 15) is 4.79 Å². The molecule has 2 bridgehead atoms. The van der Waals surface area contributed by atoms with Gasteiger partial charge in [0, 0.05) is 55.1 Å². The van der Waals surface area contributed by atoms with E-state index in [0.717, 1.165) is 64.4 Å². The van der Waals surface area contributed by atoms with Crippen LogP contribution in [0.2, 0.25) is 0 Å². The zero-order valence-electron chi connectivity index (χ0n) is 25.7.